The second-order valence-corrected chi connectivity index (χ2v) is 8.23. The van der Waals surface area contributed by atoms with Gasteiger partial charge in [0.15, 0.2) is 5.78 Å². The lowest BCUT2D eigenvalue weighted by Gasteiger charge is -2.33. The van der Waals surface area contributed by atoms with E-state index in [9.17, 15) is 4.79 Å². The van der Waals surface area contributed by atoms with Gasteiger partial charge < -0.3 is 9.30 Å². The van der Waals surface area contributed by atoms with Crippen LogP contribution in [-0.4, -0.2) is 33.5 Å². The molecule has 3 aromatic heterocycles. The fourth-order valence-electron chi connectivity index (χ4n) is 4.58. The first-order valence-corrected chi connectivity index (χ1v) is 10.6. The van der Waals surface area contributed by atoms with Crippen molar-refractivity contribution in [1.82, 2.24) is 14.5 Å². The van der Waals surface area contributed by atoms with E-state index in [1.165, 1.54) is 5.56 Å². The van der Waals surface area contributed by atoms with Crippen molar-refractivity contribution >= 4 is 39.3 Å². The van der Waals surface area contributed by atoms with Crippen molar-refractivity contribution in [3.05, 3.63) is 71.1 Å². The number of Topliss-reactive ketones (excluding diaryl/α,β-unsaturated/α-hetero) is 1. The summed E-state index contributed by atoms with van der Waals surface area (Å²) in [6.45, 7) is 3.08. The first-order chi connectivity index (χ1) is 14.6. The van der Waals surface area contributed by atoms with Crippen LogP contribution in [0.1, 0.15) is 41.7 Å². The predicted molar refractivity (Wildman–Crippen MR) is 118 cm³/mol. The van der Waals surface area contributed by atoms with E-state index >= 15 is 0 Å². The Kier molecular flexibility index (Phi) is 5.01. The highest BCUT2D eigenvalue weighted by molar-refractivity contribution is 6.30. The van der Waals surface area contributed by atoms with Crippen molar-refractivity contribution in [3.63, 3.8) is 0 Å². The fraction of sp³-hybridized carbons (Fsp3) is 0.292. The van der Waals surface area contributed by atoms with Gasteiger partial charge in [0, 0.05) is 36.6 Å². The van der Waals surface area contributed by atoms with Crippen LogP contribution in [0, 0.1) is 5.92 Å². The Labute approximate surface area is 179 Å². The molecular weight excluding hydrogens is 398 g/mol. The summed E-state index contributed by atoms with van der Waals surface area (Å²) in [5.74, 6) is 0.396. The summed E-state index contributed by atoms with van der Waals surface area (Å²) in [7, 11) is 0. The summed E-state index contributed by atoms with van der Waals surface area (Å²) in [6.07, 6.45) is 5.37. The molecule has 4 heterocycles. The highest BCUT2D eigenvalue weighted by atomic mass is 35.5. The average molecular weight is 420 g/mol. The highest BCUT2D eigenvalue weighted by Gasteiger charge is 2.30. The molecule has 0 N–H and O–H groups in total. The second kappa shape index (κ2) is 7.82. The molecule has 0 saturated carbocycles. The molecule has 152 valence electrons. The summed E-state index contributed by atoms with van der Waals surface area (Å²) in [6, 6.07) is 14.5. The van der Waals surface area contributed by atoms with Gasteiger partial charge in [-0.3, -0.25) is 9.78 Å². The number of pyridine rings is 2. The number of hydrogen-bond donors (Lipinski definition) is 0. The van der Waals surface area contributed by atoms with Gasteiger partial charge in [-0.25, -0.2) is 4.98 Å². The minimum Gasteiger partial charge on any atom is -0.381 e. The predicted octanol–water partition coefficient (Wildman–Crippen LogP) is 5.46. The Morgan fingerprint density at radius 2 is 1.87 bits per heavy atom. The highest BCUT2D eigenvalue weighted by Crippen LogP contribution is 2.40. The van der Waals surface area contributed by atoms with Gasteiger partial charge in [0.2, 0.25) is 0 Å². The lowest BCUT2D eigenvalue weighted by molar-refractivity contribution is 0.0553. The van der Waals surface area contributed by atoms with Crippen LogP contribution in [0.15, 0.2) is 54.9 Å². The van der Waals surface area contributed by atoms with E-state index in [0.29, 0.717) is 16.6 Å². The third-order valence-corrected chi connectivity index (χ3v) is 6.24. The van der Waals surface area contributed by atoms with E-state index in [1.54, 1.807) is 19.3 Å². The number of ketones is 1. The molecule has 0 unspecified atom stereocenters. The molecule has 30 heavy (non-hydrogen) atoms. The molecule has 0 radical (unpaired) electrons. The topological polar surface area (TPSA) is 57.0 Å². The minimum absolute atomic E-state index is 0.000286. The number of carbonyl (C=O) groups excluding carboxylic acids is 1. The summed E-state index contributed by atoms with van der Waals surface area (Å²) >= 11 is 6.32. The van der Waals surface area contributed by atoms with Crippen LogP contribution in [0.25, 0.3) is 21.9 Å². The van der Waals surface area contributed by atoms with E-state index in [1.807, 2.05) is 18.2 Å². The Bertz CT molecular complexity index is 1230. The van der Waals surface area contributed by atoms with E-state index in [2.05, 4.69) is 38.8 Å². The maximum Gasteiger partial charge on any atom is 0.161 e. The Balaban J connectivity index is 1.85. The lowest BCUT2D eigenvalue weighted by Crippen LogP contribution is -2.27. The monoisotopic (exact) mass is 419 g/mol. The first kappa shape index (κ1) is 19.2. The molecule has 1 atom stereocenters. The van der Waals surface area contributed by atoms with Crippen molar-refractivity contribution in [2.24, 2.45) is 5.92 Å². The molecule has 0 spiro atoms. The molecule has 0 bridgehead atoms. The maximum absolute atomic E-state index is 12.1. The molecule has 0 amide bonds. The van der Waals surface area contributed by atoms with Gasteiger partial charge in [-0.2, -0.15) is 0 Å². The molecule has 1 saturated heterocycles. The van der Waals surface area contributed by atoms with Crippen molar-refractivity contribution < 1.29 is 9.53 Å². The van der Waals surface area contributed by atoms with Gasteiger partial charge in [0.1, 0.15) is 5.15 Å². The smallest absolute Gasteiger partial charge is 0.161 e. The standard InChI is InChI=1S/C24H22ClN3O2/c1-15(29)18-11-21-23(27-13-18)19-14-26-22(25)12-20(19)28(21)24(16-5-3-2-4-6-16)17-7-9-30-10-8-17/h2-6,11-14,17,24H,7-10H2,1H3/t24-/m1/s1. The Hall–Kier alpha value is -2.76. The number of nitrogens with zero attached hydrogens (tertiary/aromatic N) is 3. The molecule has 0 aliphatic carbocycles. The first-order valence-electron chi connectivity index (χ1n) is 10.2. The molecular formula is C24H22ClN3O2. The average Bonchev–Trinajstić information content (AvgIpc) is 3.08. The summed E-state index contributed by atoms with van der Waals surface area (Å²) in [5, 5.41) is 1.38. The van der Waals surface area contributed by atoms with Gasteiger partial charge in [-0.05, 0) is 43.4 Å². The van der Waals surface area contributed by atoms with Crippen LogP contribution >= 0.6 is 11.6 Å². The van der Waals surface area contributed by atoms with Crippen molar-refractivity contribution in [2.45, 2.75) is 25.8 Å². The fourth-order valence-corrected chi connectivity index (χ4v) is 4.73. The summed E-state index contributed by atoms with van der Waals surface area (Å²) in [5.41, 5.74) is 4.58. The van der Waals surface area contributed by atoms with E-state index in [4.69, 9.17) is 16.3 Å². The third kappa shape index (κ3) is 3.28. The number of hydrogen-bond acceptors (Lipinski definition) is 4. The van der Waals surface area contributed by atoms with Gasteiger partial charge in [0.05, 0.1) is 22.6 Å². The number of fused-ring (bicyclic) bond motifs is 3. The SMILES string of the molecule is CC(=O)c1cnc2c3cnc(Cl)cc3n([C@H](c3ccccc3)C3CCOCC3)c2c1. The van der Waals surface area contributed by atoms with Crippen LogP contribution in [-0.2, 0) is 4.74 Å². The molecule has 6 heteroatoms. The van der Waals surface area contributed by atoms with Crippen LogP contribution in [0.5, 0.6) is 0 Å². The third-order valence-electron chi connectivity index (χ3n) is 6.03. The van der Waals surface area contributed by atoms with Crippen LogP contribution in [0.2, 0.25) is 5.15 Å². The Morgan fingerprint density at radius 1 is 1.10 bits per heavy atom. The molecule has 4 aromatic rings. The van der Waals surface area contributed by atoms with Crippen LogP contribution in [0.4, 0.5) is 0 Å². The summed E-state index contributed by atoms with van der Waals surface area (Å²) in [4.78, 5) is 21.1. The lowest BCUT2D eigenvalue weighted by atomic mass is 9.86. The molecule has 1 fully saturated rings. The number of benzene rings is 1. The number of carbonyl (C=O) groups is 1. The zero-order valence-corrected chi connectivity index (χ0v) is 17.5. The molecule has 5 nitrogen and oxygen atoms in total. The zero-order valence-electron chi connectivity index (χ0n) is 16.7. The number of rotatable bonds is 4. The number of halogens is 1. The molecule has 1 aliphatic heterocycles. The van der Waals surface area contributed by atoms with Gasteiger partial charge in [0.25, 0.3) is 0 Å². The van der Waals surface area contributed by atoms with E-state index in [0.717, 1.165) is 48.0 Å². The molecule has 1 aliphatic rings. The Morgan fingerprint density at radius 3 is 2.60 bits per heavy atom. The van der Waals surface area contributed by atoms with Crippen molar-refractivity contribution in [2.75, 3.05) is 13.2 Å². The second-order valence-electron chi connectivity index (χ2n) is 7.85. The van der Waals surface area contributed by atoms with Crippen molar-refractivity contribution in [1.29, 1.82) is 0 Å². The summed E-state index contributed by atoms with van der Waals surface area (Å²) < 4.78 is 7.96. The van der Waals surface area contributed by atoms with E-state index in [-0.39, 0.29) is 11.8 Å². The van der Waals surface area contributed by atoms with Crippen LogP contribution in [0.3, 0.4) is 0 Å². The minimum atomic E-state index is -0.000286. The number of aromatic nitrogens is 3. The molecule has 1 aromatic carbocycles. The van der Waals surface area contributed by atoms with Gasteiger partial charge in [-0.15, -0.1) is 0 Å². The zero-order chi connectivity index (χ0) is 20.7. The van der Waals surface area contributed by atoms with Gasteiger partial charge in [-0.1, -0.05) is 41.9 Å². The number of ether oxygens (including phenoxy) is 1. The van der Waals surface area contributed by atoms with Crippen LogP contribution < -0.4 is 0 Å². The van der Waals surface area contributed by atoms with Crippen molar-refractivity contribution in [3.8, 4) is 0 Å². The van der Waals surface area contributed by atoms with E-state index < -0.39 is 0 Å². The molecule has 5 rings (SSSR count). The van der Waals surface area contributed by atoms with Gasteiger partial charge >= 0.3 is 0 Å². The quantitative estimate of drug-likeness (QED) is 0.325. The largest absolute Gasteiger partial charge is 0.381 e. The maximum atomic E-state index is 12.1. The normalized spacial score (nSPS) is 16.2.